The van der Waals surface area contributed by atoms with Gasteiger partial charge in [0, 0.05) is 5.69 Å². The Morgan fingerprint density at radius 3 is 2.12 bits per heavy atom. The second-order valence-electron chi connectivity index (χ2n) is 2.65. The second-order valence-corrected chi connectivity index (χ2v) is 2.65. The van der Waals surface area contributed by atoms with Gasteiger partial charge in [0.25, 0.3) is 0 Å². The van der Waals surface area contributed by atoms with Gasteiger partial charge in [-0.1, -0.05) is 13.8 Å². The predicted molar refractivity (Wildman–Crippen MR) is 54.2 cm³/mol. The molecule has 0 saturated heterocycles. The molecule has 1 rings (SSSR count). The molecule has 0 amide bonds. The van der Waals surface area contributed by atoms with Gasteiger partial charge in [-0.05, 0) is 18.2 Å². The lowest BCUT2D eigenvalue weighted by Crippen LogP contribution is -2.08. The highest BCUT2D eigenvalue weighted by Gasteiger charge is 2.31. The topological polar surface area (TPSA) is 63.3 Å². The van der Waals surface area contributed by atoms with Gasteiger partial charge in [-0.25, -0.2) is 4.79 Å². The first-order valence-corrected chi connectivity index (χ1v) is 4.52. The van der Waals surface area contributed by atoms with Crippen molar-refractivity contribution >= 4 is 11.7 Å². The molecule has 3 nitrogen and oxygen atoms in total. The number of alkyl halides is 3. The normalized spacial score (nSPS) is 10.3. The minimum absolute atomic E-state index is 0.225. The maximum Gasteiger partial charge on any atom is 0.416 e. The zero-order valence-electron chi connectivity index (χ0n) is 8.80. The van der Waals surface area contributed by atoms with E-state index in [2.05, 4.69) is 0 Å². The molecule has 0 spiro atoms. The average Bonchev–Trinajstić information content (AvgIpc) is 2.18. The molecule has 3 N–H and O–H groups in total. The van der Waals surface area contributed by atoms with Gasteiger partial charge in [-0.3, -0.25) is 0 Å². The van der Waals surface area contributed by atoms with E-state index in [9.17, 15) is 18.0 Å². The number of hydrogen-bond donors (Lipinski definition) is 2. The Bertz CT molecular complexity index is 375. The quantitative estimate of drug-likeness (QED) is 0.735. The molecule has 0 fully saturated rings. The zero-order chi connectivity index (χ0) is 12.9. The van der Waals surface area contributed by atoms with Crippen LogP contribution in [0.15, 0.2) is 18.2 Å². The molecule has 0 atom stereocenters. The fourth-order valence-electron chi connectivity index (χ4n) is 0.939. The first kappa shape index (κ1) is 14.3. The van der Waals surface area contributed by atoms with Crippen LogP contribution in [0.3, 0.4) is 0 Å². The summed E-state index contributed by atoms with van der Waals surface area (Å²) in [4.78, 5) is 10.4. The molecule has 0 aliphatic rings. The molecule has 0 saturated carbocycles. The molecule has 16 heavy (non-hydrogen) atoms. The van der Waals surface area contributed by atoms with Crippen molar-refractivity contribution in [3.05, 3.63) is 29.3 Å². The van der Waals surface area contributed by atoms with Gasteiger partial charge < -0.3 is 10.8 Å². The Balaban J connectivity index is 0.00000106. The number of carboxylic acids is 1. The maximum atomic E-state index is 12.2. The molecule has 1 aromatic carbocycles. The third-order valence-corrected chi connectivity index (χ3v) is 1.53. The summed E-state index contributed by atoms with van der Waals surface area (Å²) in [7, 11) is 0. The maximum absolute atomic E-state index is 12.2. The van der Waals surface area contributed by atoms with Crippen LogP contribution < -0.4 is 5.73 Å². The van der Waals surface area contributed by atoms with Crippen molar-refractivity contribution in [3.8, 4) is 0 Å². The Hall–Kier alpha value is -1.72. The average molecular weight is 235 g/mol. The van der Waals surface area contributed by atoms with E-state index in [1.165, 1.54) is 0 Å². The lowest BCUT2D eigenvalue weighted by atomic mass is 10.1. The standard InChI is InChI=1S/C8H6F3NO2.C2H6/c9-8(10,11)5-1-4(7(13)14)2-6(12)3-5;1-2/h1-3H,12H2,(H,13,14);1-2H3. The monoisotopic (exact) mass is 235 g/mol. The summed E-state index contributed by atoms with van der Waals surface area (Å²) in [5, 5.41) is 8.48. The predicted octanol–water partition coefficient (Wildman–Crippen LogP) is 3.01. The van der Waals surface area contributed by atoms with Crippen molar-refractivity contribution < 1.29 is 23.1 Å². The largest absolute Gasteiger partial charge is 0.478 e. The van der Waals surface area contributed by atoms with Gasteiger partial charge in [-0.2, -0.15) is 13.2 Å². The summed E-state index contributed by atoms with van der Waals surface area (Å²) >= 11 is 0. The molecule has 1 aromatic rings. The van der Waals surface area contributed by atoms with Gasteiger partial charge in [-0.15, -0.1) is 0 Å². The fourth-order valence-corrected chi connectivity index (χ4v) is 0.939. The third-order valence-electron chi connectivity index (χ3n) is 1.53. The number of aromatic carboxylic acids is 1. The van der Waals surface area contributed by atoms with Crippen LogP contribution in [-0.4, -0.2) is 11.1 Å². The Labute approximate surface area is 90.7 Å². The van der Waals surface area contributed by atoms with E-state index in [-0.39, 0.29) is 5.69 Å². The van der Waals surface area contributed by atoms with Gasteiger partial charge in [0.2, 0.25) is 0 Å². The van der Waals surface area contributed by atoms with Gasteiger partial charge in [0.1, 0.15) is 0 Å². The summed E-state index contributed by atoms with van der Waals surface area (Å²) in [6.45, 7) is 4.00. The van der Waals surface area contributed by atoms with Crippen LogP contribution in [0.1, 0.15) is 29.8 Å². The van der Waals surface area contributed by atoms with E-state index < -0.39 is 23.3 Å². The number of nitrogen functional groups attached to an aromatic ring is 1. The number of anilines is 1. The van der Waals surface area contributed by atoms with Crippen molar-refractivity contribution in [2.75, 3.05) is 5.73 Å². The van der Waals surface area contributed by atoms with Crippen molar-refractivity contribution in [3.63, 3.8) is 0 Å². The number of carboxylic acid groups (broad SMARTS) is 1. The number of rotatable bonds is 1. The zero-order valence-corrected chi connectivity index (χ0v) is 8.80. The highest BCUT2D eigenvalue weighted by Crippen LogP contribution is 2.31. The van der Waals surface area contributed by atoms with E-state index in [0.29, 0.717) is 12.1 Å². The van der Waals surface area contributed by atoms with Gasteiger partial charge >= 0.3 is 12.1 Å². The molecule has 0 aliphatic heterocycles. The summed E-state index contributed by atoms with van der Waals surface area (Å²) in [6, 6.07) is 2.20. The van der Waals surface area contributed by atoms with Crippen molar-refractivity contribution in [1.29, 1.82) is 0 Å². The minimum atomic E-state index is -4.58. The Kier molecular flexibility index (Phi) is 4.81. The van der Waals surface area contributed by atoms with Crippen LogP contribution >= 0.6 is 0 Å². The number of benzene rings is 1. The molecule has 6 heteroatoms. The first-order chi connectivity index (χ1) is 7.30. The molecule has 0 radical (unpaired) electrons. The van der Waals surface area contributed by atoms with Gasteiger partial charge in [0.15, 0.2) is 0 Å². The molecule has 90 valence electrons. The number of carbonyl (C=O) groups is 1. The number of halogens is 3. The van der Waals surface area contributed by atoms with Crippen LogP contribution in [-0.2, 0) is 6.18 Å². The van der Waals surface area contributed by atoms with E-state index in [1.54, 1.807) is 0 Å². The molecule has 0 aromatic heterocycles. The van der Waals surface area contributed by atoms with Crippen LogP contribution in [0.5, 0.6) is 0 Å². The summed E-state index contributed by atoms with van der Waals surface area (Å²) < 4.78 is 36.5. The van der Waals surface area contributed by atoms with E-state index in [1.807, 2.05) is 13.8 Å². The first-order valence-electron chi connectivity index (χ1n) is 4.52. The fraction of sp³-hybridized carbons (Fsp3) is 0.300. The van der Waals surface area contributed by atoms with Crippen molar-refractivity contribution in [2.45, 2.75) is 20.0 Å². The lowest BCUT2D eigenvalue weighted by molar-refractivity contribution is -0.137. The summed E-state index contributed by atoms with van der Waals surface area (Å²) in [5.74, 6) is -1.44. The molecule has 0 unspecified atom stereocenters. The van der Waals surface area contributed by atoms with Crippen LogP contribution in [0.2, 0.25) is 0 Å². The number of nitrogens with two attached hydrogens (primary N) is 1. The van der Waals surface area contributed by atoms with Gasteiger partial charge in [0.05, 0.1) is 11.1 Å². The minimum Gasteiger partial charge on any atom is -0.478 e. The van der Waals surface area contributed by atoms with Crippen molar-refractivity contribution in [1.82, 2.24) is 0 Å². The second kappa shape index (κ2) is 5.39. The molecular weight excluding hydrogens is 223 g/mol. The lowest BCUT2D eigenvalue weighted by Gasteiger charge is -2.08. The van der Waals surface area contributed by atoms with Crippen LogP contribution in [0.25, 0.3) is 0 Å². The molecule has 0 bridgehead atoms. The Morgan fingerprint density at radius 1 is 1.25 bits per heavy atom. The van der Waals surface area contributed by atoms with Crippen LogP contribution in [0.4, 0.5) is 18.9 Å². The molecular formula is C10H12F3NO2. The SMILES string of the molecule is CC.Nc1cc(C(=O)O)cc(C(F)(F)F)c1. The Morgan fingerprint density at radius 2 is 1.75 bits per heavy atom. The molecule has 0 heterocycles. The number of hydrogen-bond acceptors (Lipinski definition) is 2. The summed E-state index contributed by atoms with van der Waals surface area (Å²) in [5.41, 5.74) is 3.37. The van der Waals surface area contributed by atoms with Crippen molar-refractivity contribution in [2.24, 2.45) is 0 Å². The smallest absolute Gasteiger partial charge is 0.416 e. The van der Waals surface area contributed by atoms with E-state index in [4.69, 9.17) is 10.8 Å². The molecule has 0 aliphatic carbocycles. The highest BCUT2D eigenvalue weighted by atomic mass is 19.4. The third kappa shape index (κ3) is 3.80. The summed E-state index contributed by atoms with van der Waals surface area (Å²) in [6.07, 6.45) is -4.58. The highest BCUT2D eigenvalue weighted by molar-refractivity contribution is 5.89. The van der Waals surface area contributed by atoms with E-state index >= 15 is 0 Å². The van der Waals surface area contributed by atoms with Crippen LogP contribution in [0, 0.1) is 0 Å². The van der Waals surface area contributed by atoms with E-state index in [0.717, 1.165) is 6.07 Å².